The lowest BCUT2D eigenvalue weighted by Crippen LogP contribution is -2.54. The van der Waals surface area contributed by atoms with Crippen LogP contribution in [0.3, 0.4) is 0 Å². The summed E-state index contributed by atoms with van der Waals surface area (Å²) in [5.41, 5.74) is 4.52. The molecule has 0 atom stereocenters. The molecule has 1 aliphatic heterocycles. The van der Waals surface area contributed by atoms with E-state index in [-0.39, 0.29) is 5.57 Å². The van der Waals surface area contributed by atoms with Crippen molar-refractivity contribution in [3.8, 4) is 5.75 Å². The lowest BCUT2D eigenvalue weighted by atomic mass is 10.00. The number of barbiturate groups is 1. The highest BCUT2D eigenvalue weighted by molar-refractivity contribution is 9.10. The van der Waals surface area contributed by atoms with Crippen molar-refractivity contribution in [1.29, 1.82) is 0 Å². The van der Waals surface area contributed by atoms with E-state index in [1.54, 1.807) is 26.2 Å². The fourth-order valence-electron chi connectivity index (χ4n) is 3.90. The maximum atomic E-state index is 13.3. The molecule has 0 aliphatic carbocycles. The Morgan fingerprint density at radius 3 is 2.43 bits per heavy atom. The van der Waals surface area contributed by atoms with Gasteiger partial charge in [-0.3, -0.25) is 14.9 Å². The van der Waals surface area contributed by atoms with Gasteiger partial charge in [-0.15, -0.1) is 0 Å². The van der Waals surface area contributed by atoms with E-state index in [1.807, 2.05) is 49.4 Å². The molecule has 35 heavy (non-hydrogen) atoms. The summed E-state index contributed by atoms with van der Waals surface area (Å²) < 4.78 is 7.39. The third kappa shape index (κ3) is 5.09. The Morgan fingerprint density at radius 1 is 0.971 bits per heavy atom. The van der Waals surface area contributed by atoms with Gasteiger partial charge in [0.15, 0.2) is 0 Å². The van der Waals surface area contributed by atoms with Crippen molar-refractivity contribution in [3.05, 3.63) is 96.9 Å². The number of urea groups is 1. The molecule has 0 radical (unpaired) electrons. The summed E-state index contributed by atoms with van der Waals surface area (Å²) in [4.78, 5) is 39.6. The minimum atomic E-state index is -0.770. The summed E-state index contributed by atoms with van der Waals surface area (Å²) in [5.74, 6) is -0.818. The third-order valence-electron chi connectivity index (χ3n) is 5.74. The molecule has 1 saturated heterocycles. The number of carbonyl (C=O) groups excluding carboxylic acids is 3. The van der Waals surface area contributed by atoms with Crippen molar-refractivity contribution in [2.24, 2.45) is 0 Å². The van der Waals surface area contributed by atoms with Crippen LogP contribution in [0.15, 0.2) is 69.1 Å². The second-order valence-electron chi connectivity index (χ2n) is 8.20. The van der Waals surface area contributed by atoms with E-state index in [0.29, 0.717) is 23.4 Å². The monoisotopic (exact) mass is 596 g/mol. The van der Waals surface area contributed by atoms with E-state index in [0.717, 1.165) is 36.1 Å². The summed E-state index contributed by atoms with van der Waals surface area (Å²) in [6.45, 7) is 3.68. The Morgan fingerprint density at radius 2 is 1.71 bits per heavy atom. The van der Waals surface area contributed by atoms with Crippen molar-refractivity contribution in [1.82, 2.24) is 5.32 Å². The van der Waals surface area contributed by atoms with Crippen molar-refractivity contribution in [3.63, 3.8) is 0 Å². The number of amides is 4. The molecule has 1 heterocycles. The minimum absolute atomic E-state index is 0.141. The van der Waals surface area contributed by atoms with Crippen molar-refractivity contribution in [2.75, 3.05) is 12.0 Å². The Bertz CT molecular complexity index is 1400. The van der Waals surface area contributed by atoms with Crippen molar-refractivity contribution in [2.45, 2.75) is 20.3 Å². The first kappa shape index (κ1) is 24.9. The topological polar surface area (TPSA) is 75.7 Å². The molecule has 1 aliphatic rings. The van der Waals surface area contributed by atoms with Crippen LogP contribution in [0.25, 0.3) is 6.08 Å². The highest BCUT2D eigenvalue weighted by Crippen LogP contribution is 2.34. The number of benzene rings is 3. The molecule has 0 spiro atoms. The second kappa shape index (κ2) is 10.2. The van der Waals surface area contributed by atoms with Crippen LogP contribution in [0.1, 0.15) is 27.8 Å². The molecule has 1 N–H and O–H groups in total. The third-order valence-corrected chi connectivity index (χ3v) is 7.22. The van der Waals surface area contributed by atoms with Gasteiger partial charge in [0.1, 0.15) is 11.3 Å². The predicted octanol–water partition coefficient (Wildman–Crippen LogP) is 6.09. The van der Waals surface area contributed by atoms with Crippen LogP contribution in [0, 0.1) is 13.8 Å². The molecule has 1 fully saturated rings. The number of hydrogen-bond acceptors (Lipinski definition) is 4. The number of nitrogens with zero attached hydrogens (tertiary/aromatic N) is 1. The van der Waals surface area contributed by atoms with E-state index < -0.39 is 17.8 Å². The lowest BCUT2D eigenvalue weighted by molar-refractivity contribution is -0.122. The van der Waals surface area contributed by atoms with Crippen LogP contribution in [-0.2, 0) is 16.0 Å². The van der Waals surface area contributed by atoms with E-state index in [4.69, 9.17) is 4.74 Å². The molecule has 3 aromatic rings. The van der Waals surface area contributed by atoms with Gasteiger partial charge in [0, 0.05) is 20.9 Å². The zero-order valence-electron chi connectivity index (χ0n) is 19.3. The zero-order chi connectivity index (χ0) is 25.3. The normalized spacial score (nSPS) is 14.9. The number of hydrogen-bond donors (Lipinski definition) is 1. The molecular formula is C27H22Br2N2O4. The quantitative estimate of drug-likeness (QED) is 0.285. The molecule has 178 valence electrons. The first-order valence-corrected chi connectivity index (χ1v) is 12.4. The molecule has 0 unspecified atom stereocenters. The summed E-state index contributed by atoms with van der Waals surface area (Å²) in [7, 11) is 1.57. The smallest absolute Gasteiger partial charge is 0.335 e. The van der Waals surface area contributed by atoms with Gasteiger partial charge in [-0.1, -0.05) is 62.2 Å². The zero-order valence-corrected chi connectivity index (χ0v) is 22.5. The summed E-state index contributed by atoms with van der Waals surface area (Å²) in [6, 6.07) is 16.2. The van der Waals surface area contributed by atoms with Gasteiger partial charge in [0.25, 0.3) is 11.8 Å². The highest BCUT2D eigenvalue weighted by atomic mass is 79.9. The van der Waals surface area contributed by atoms with Gasteiger partial charge < -0.3 is 4.74 Å². The largest absolute Gasteiger partial charge is 0.496 e. The van der Waals surface area contributed by atoms with Crippen LogP contribution in [0.2, 0.25) is 0 Å². The minimum Gasteiger partial charge on any atom is -0.496 e. The second-order valence-corrected chi connectivity index (χ2v) is 9.91. The Kier molecular flexibility index (Phi) is 7.23. The fourth-order valence-corrected chi connectivity index (χ4v) is 4.93. The van der Waals surface area contributed by atoms with Gasteiger partial charge >= 0.3 is 6.03 Å². The maximum Gasteiger partial charge on any atom is 0.335 e. The molecule has 6 nitrogen and oxygen atoms in total. The van der Waals surface area contributed by atoms with Gasteiger partial charge in [-0.2, -0.15) is 0 Å². The number of nitrogens with one attached hydrogen (secondary N) is 1. The fraction of sp³-hybridized carbons (Fsp3) is 0.148. The number of carbonyl (C=O) groups is 3. The Hall–Kier alpha value is -3.23. The molecule has 4 rings (SSSR count). The highest BCUT2D eigenvalue weighted by Gasteiger charge is 2.37. The Balaban J connectivity index is 1.73. The van der Waals surface area contributed by atoms with Gasteiger partial charge in [0.2, 0.25) is 0 Å². The molecule has 0 aromatic heterocycles. The van der Waals surface area contributed by atoms with Crippen LogP contribution in [-0.4, -0.2) is 25.0 Å². The number of aryl methyl sites for hydroxylation is 2. The molecule has 0 bridgehead atoms. The Labute approximate surface area is 220 Å². The van der Waals surface area contributed by atoms with E-state index in [9.17, 15) is 14.4 Å². The first-order chi connectivity index (χ1) is 16.7. The summed E-state index contributed by atoms with van der Waals surface area (Å²) in [6.07, 6.45) is 2.08. The predicted molar refractivity (Wildman–Crippen MR) is 143 cm³/mol. The number of imide groups is 2. The van der Waals surface area contributed by atoms with Crippen molar-refractivity contribution >= 4 is 61.5 Å². The number of halogens is 2. The van der Waals surface area contributed by atoms with Crippen molar-refractivity contribution < 1.29 is 19.1 Å². The average molecular weight is 598 g/mol. The summed E-state index contributed by atoms with van der Waals surface area (Å²) >= 11 is 7.19. The van der Waals surface area contributed by atoms with Crippen LogP contribution < -0.4 is 15.0 Å². The number of rotatable bonds is 5. The molecule has 8 heteroatoms. The molecule has 0 saturated carbocycles. The maximum absolute atomic E-state index is 13.3. The van der Waals surface area contributed by atoms with Gasteiger partial charge in [-0.25, -0.2) is 9.69 Å². The molecular weight excluding hydrogens is 576 g/mol. The first-order valence-electron chi connectivity index (χ1n) is 10.8. The van der Waals surface area contributed by atoms with Crippen LogP contribution >= 0.6 is 31.9 Å². The van der Waals surface area contributed by atoms with Crippen LogP contribution in [0.4, 0.5) is 10.5 Å². The van der Waals surface area contributed by atoms with Gasteiger partial charge in [0.05, 0.1) is 12.8 Å². The SMILES string of the molecule is COc1cc(/C=C2\C(=O)NC(=O)N(c3cc(C)ccc3C)C2=O)cc(Br)c1Cc1ccccc1Br. The lowest BCUT2D eigenvalue weighted by Gasteiger charge is -2.28. The summed E-state index contributed by atoms with van der Waals surface area (Å²) in [5, 5.41) is 2.28. The number of methoxy groups -OCH3 is 1. The molecule has 4 amide bonds. The van der Waals surface area contributed by atoms with Gasteiger partial charge in [-0.05, 0) is 66.4 Å². The standard InChI is InChI=1S/C27H22Br2N2O4/c1-15-8-9-16(2)23(10-15)31-26(33)20(25(32)30-27(31)34)11-17-12-22(29)19(24(13-17)35-3)14-18-6-4-5-7-21(18)28/h4-13H,14H2,1-3H3,(H,30,32,34)/b20-11+. The molecule has 3 aromatic carbocycles. The van der Waals surface area contributed by atoms with E-state index in [2.05, 4.69) is 37.2 Å². The number of anilines is 1. The van der Waals surface area contributed by atoms with Crippen LogP contribution in [0.5, 0.6) is 5.75 Å². The average Bonchev–Trinajstić information content (AvgIpc) is 2.81. The van der Waals surface area contributed by atoms with E-state index in [1.165, 1.54) is 6.08 Å². The van der Waals surface area contributed by atoms with E-state index >= 15 is 0 Å². The number of ether oxygens (including phenoxy) is 1.